The van der Waals surface area contributed by atoms with E-state index in [1.54, 1.807) is 0 Å². The van der Waals surface area contributed by atoms with E-state index in [1.807, 2.05) is 18.2 Å². The van der Waals surface area contributed by atoms with Crippen molar-refractivity contribution in [1.29, 1.82) is 0 Å². The molecule has 100 valence electrons. The van der Waals surface area contributed by atoms with Crippen LogP contribution in [-0.2, 0) is 0 Å². The summed E-state index contributed by atoms with van der Waals surface area (Å²) in [5.41, 5.74) is 13.2. The maximum atomic E-state index is 6.31. The van der Waals surface area contributed by atoms with Gasteiger partial charge in [-0.1, -0.05) is 19.9 Å². The van der Waals surface area contributed by atoms with Gasteiger partial charge in [-0.2, -0.15) is 0 Å². The summed E-state index contributed by atoms with van der Waals surface area (Å²) in [6.07, 6.45) is 0. The highest BCUT2D eigenvalue weighted by atomic mass is 16.6. The summed E-state index contributed by atoms with van der Waals surface area (Å²) in [6, 6.07) is 5.84. The third kappa shape index (κ3) is 2.60. The van der Waals surface area contributed by atoms with Crippen molar-refractivity contribution in [1.82, 2.24) is 0 Å². The Morgan fingerprint density at radius 2 is 1.83 bits per heavy atom. The average Bonchev–Trinajstić information content (AvgIpc) is 2.38. The van der Waals surface area contributed by atoms with Gasteiger partial charge >= 0.3 is 0 Å². The van der Waals surface area contributed by atoms with Crippen molar-refractivity contribution >= 4 is 0 Å². The van der Waals surface area contributed by atoms with Gasteiger partial charge in [0, 0.05) is 6.04 Å². The van der Waals surface area contributed by atoms with E-state index >= 15 is 0 Å². The van der Waals surface area contributed by atoms with Gasteiger partial charge in [0.05, 0.1) is 0 Å². The molecule has 1 aromatic rings. The van der Waals surface area contributed by atoms with Gasteiger partial charge in [-0.05, 0) is 36.1 Å². The molecule has 2 unspecified atom stereocenters. The van der Waals surface area contributed by atoms with E-state index in [4.69, 9.17) is 20.9 Å². The fourth-order valence-electron chi connectivity index (χ4n) is 2.35. The Hall–Kier alpha value is -1.26. The molecule has 0 radical (unpaired) electrons. The summed E-state index contributed by atoms with van der Waals surface area (Å²) in [6.45, 7) is 6.09. The van der Waals surface area contributed by atoms with Crippen LogP contribution in [-0.4, -0.2) is 19.8 Å². The highest BCUT2D eigenvalue weighted by Gasteiger charge is 2.23. The van der Waals surface area contributed by atoms with E-state index in [0.717, 1.165) is 17.1 Å². The molecular weight excluding hydrogens is 228 g/mol. The fraction of sp³-hybridized carbons (Fsp3) is 0.571. The lowest BCUT2D eigenvalue weighted by molar-refractivity contribution is 0.171. The molecule has 1 heterocycles. The summed E-state index contributed by atoms with van der Waals surface area (Å²) >= 11 is 0. The van der Waals surface area contributed by atoms with Gasteiger partial charge in [0.25, 0.3) is 0 Å². The molecule has 0 saturated carbocycles. The van der Waals surface area contributed by atoms with Crippen molar-refractivity contribution in [2.45, 2.75) is 19.9 Å². The number of rotatable bonds is 4. The highest BCUT2D eigenvalue weighted by molar-refractivity contribution is 5.44. The van der Waals surface area contributed by atoms with E-state index in [1.165, 1.54) is 0 Å². The zero-order valence-electron chi connectivity index (χ0n) is 11.1. The summed E-state index contributed by atoms with van der Waals surface area (Å²) in [4.78, 5) is 0. The largest absolute Gasteiger partial charge is 0.486 e. The lowest BCUT2D eigenvalue weighted by atomic mass is 9.85. The predicted molar refractivity (Wildman–Crippen MR) is 71.7 cm³/mol. The Morgan fingerprint density at radius 3 is 2.44 bits per heavy atom. The minimum Gasteiger partial charge on any atom is -0.486 e. The maximum absolute atomic E-state index is 6.31. The molecule has 4 N–H and O–H groups in total. The van der Waals surface area contributed by atoms with Crippen LogP contribution in [0.4, 0.5) is 0 Å². The first-order chi connectivity index (χ1) is 8.63. The standard InChI is InChI=1S/C14H22N2O2/c1-9(2)11(8-15)14(16)10-3-4-12-13(7-10)18-6-5-17-12/h3-4,7,9,11,14H,5-6,8,15-16H2,1-2H3. The topological polar surface area (TPSA) is 70.5 Å². The van der Waals surface area contributed by atoms with E-state index in [-0.39, 0.29) is 12.0 Å². The number of hydrogen-bond donors (Lipinski definition) is 2. The van der Waals surface area contributed by atoms with E-state index < -0.39 is 0 Å². The second-order valence-corrected chi connectivity index (χ2v) is 5.07. The number of benzene rings is 1. The van der Waals surface area contributed by atoms with Crippen molar-refractivity contribution in [3.63, 3.8) is 0 Å². The van der Waals surface area contributed by atoms with Crippen LogP contribution in [0.5, 0.6) is 11.5 Å². The van der Waals surface area contributed by atoms with Gasteiger partial charge in [-0.15, -0.1) is 0 Å². The second kappa shape index (κ2) is 5.59. The predicted octanol–water partition coefficient (Wildman–Crippen LogP) is 1.69. The van der Waals surface area contributed by atoms with Crippen LogP contribution in [0.3, 0.4) is 0 Å². The molecule has 0 saturated heterocycles. The minimum absolute atomic E-state index is 0.0640. The molecule has 4 nitrogen and oxygen atoms in total. The van der Waals surface area contributed by atoms with Crippen molar-refractivity contribution < 1.29 is 9.47 Å². The smallest absolute Gasteiger partial charge is 0.161 e. The van der Waals surface area contributed by atoms with Crippen molar-refractivity contribution in [2.75, 3.05) is 19.8 Å². The molecule has 1 aliphatic rings. The molecule has 0 fully saturated rings. The molecule has 2 atom stereocenters. The number of hydrogen-bond acceptors (Lipinski definition) is 4. The van der Waals surface area contributed by atoms with Crippen LogP contribution in [0.2, 0.25) is 0 Å². The minimum atomic E-state index is -0.0640. The molecule has 1 aliphatic heterocycles. The van der Waals surface area contributed by atoms with E-state index in [2.05, 4.69) is 13.8 Å². The lowest BCUT2D eigenvalue weighted by Gasteiger charge is -2.27. The normalized spacial score (nSPS) is 17.6. The Bertz CT molecular complexity index is 407. The first-order valence-electron chi connectivity index (χ1n) is 6.48. The van der Waals surface area contributed by atoms with Crippen molar-refractivity contribution in [3.8, 4) is 11.5 Å². The van der Waals surface area contributed by atoms with Gasteiger partial charge in [-0.25, -0.2) is 0 Å². The van der Waals surface area contributed by atoms with E-state index in [0.29, 0.717) is 25.7 Å². The molecule has 0 aromatic heterocycles. The Kier molecular flexibility index (Phi) is 4.09. The van der Waals surface area contributed by atoms with Crippen LogP contribution in [0.25, 0.3) is 0 Å². The zero-order chi connectivity index (χ0) is 13.1. The Morgan fingerprint density at radius 1 is 1.17 bits per heavy atom. The maximum Gasteiger partial charge on any atom is 0.161 e. The molecule has 18 heavy (non-hydrogen) atoms. The molecule has 0 bridgehead atoms. The first-order valence-corrected chi connectivity index (χ1v) is 6.48. The van der Waals surface area contributed by atoms with Gasteiger partial charge in [-0.3, -0.25) is 0 Å². The molecule has 1 aromatic carbocycles. The molecular formula is C14H22N2O2. The van der Waals surface area contributed by atoms with Gasteiger partial charge in [0.15, 0.2) is 11.5 Å². The van der Waals surface area contributed by atoms with Crippen molar-refractivity contribution in [3.05, 3.63) is 23.8 Å². The quantitative estimate of drug-likeness (QED) is 0.853. The first kappa shape index (κ1) is 13.2. The van der Waals surface area contributed by atoms with Crippen LogP contribution in [0.15, 0.2) is 18.2 Å². The summed E-state index contributed by atoms with van der Waals surface area (Å²) in [5, 5.41) is 0. The number of ether oxygens (including phenoxy) is 2. The molecule has 0 amide bonds. The van der Waals surface area contributed by atoms with Crippen LogP contribution < -0.4 is 20.9 Å². The van der Waals surface area contributed by atoms with Gasteiger partial charge in [0.2, 0.25) is 0 Å². The Labute approximate surface area is 108 Å². The molecule has 0 spiro atoms. The van der Waals surface area contributed by atoms with Crippen LogP contribution >= 0.6 is 0 Å². The second-order valence-electron chi connectivity index (χ2n) is 5.07. The monoisotopic (exact) mass is 250 g/mol. The summed E-state index contributed by atoms with van der Waals surface area (Å²) in [7, 11) is 0. The SMILES string of the molecule is CC(C)C(CN)C(N)c1ccc2c(c1)OCCO2. The third-order valence-corrected chi connectivity index (χ3v) is 3.54. The number of nitrogens with two attached hydrogens (primary N) is 2. The van der Waals surface area contributed by atoms with Gasteiger partial charge in [0.1, 0.15) is 13.2 Å². The fourth-order valence-corrected chi connectivity index (χ4v) is 2.35. The van der Waals surface area contributed by atoms with Crippen molar-refractivity contribution in [2.24, 2.45) is 23.3 Å². The van der Waals surface area contributed by atoms with Gasteiger partial charge < -0.3 is 20.9 Å². The molecule has 2 rings (SSSR count). The number of fused-ring (bicyclic) bond motifs is 1. The van der Waals surface area contributed by atoms with Crippen LogP contribution in [0.1, 0.15) is 25.5 Å². The average molecular weight is 250 g/mol. The summed E-state index contributed by atoms with van der Waals surface area (Å²) in [5.74, 6) is 2.31. The third-order valence-electron chi connectivity index (χ3n) is 3.54. The highest BCUT2D eigenvalue weighted by Crippen LogP contribution is 2.34. The summed E-state index contributed by atoms with van der Waals surface area (Å²) < 4.78 is 11.1. The Balaban J connectivity index is 2.22. The molecule has 0 aliphatic carbocycles. The van der Waals surface area contributed by atoms with E-state index in [9.17, 15) is 0 Å². The molecule has 4 heteroatoms. The zero-order valence-corrected chi connectivity index (χ0v) is 11.1. The lowest BCUT2D eigenvalue weighted by Crippen LogP contribution is -2.31. The van der Waals surface area contributed by atoms with Crippen LogP contribution in [0, 0.1) is 11.8 Å².